The summed E-state index contributed by atoms with van der Waals surface area (Å²) >= 11 is 12.9. The van der Waals surface area contributed by atoms with E-state index in [0.29, 0.717) is 17.3 Å². The zero-order valence-electron chi connectivity index (χ0n) is 22.1. The third-order valence-corrected chi connectivity index (χ3v) is 7.56. The highest BCUT2D eigenvalue weighted by Crippen LogP contribution is 2.38. The van der Waals surface area contributed by atoms with E-state index in [0.717, 1.165) is 18.2 Å². The molecule has 1 fully saturated rings. The summed E-state index contributed by atoms with van der Waals surface area (Å²) in [6.45, 7) is 7.50. The normalized spacial score (nSPS) is 18.2. The van der Waals surface area contributed by atoms with Crippen LogP contribution in [0.1, 0.15) is 62.4 Å². The Bertz CT molecular complexity index is 1390. The van der Waals surface area contributed by atoms with Crippen molar-refractivity contribution in [1.29, 1.82) is 0 Å². The molecule has 1 saturated carbocycles. The van der Waals surface area contributed by atoms with Gasteiger partial charge in [0.25, 0.3) is 5.91 Å². The highest BCUT2D eigenvalue weighted by molar-refractivity contribution is 6.39. The molecule has 0 bridgehead atoms. The molecule has 13 heteroatoms. The van der Waals surface area contributed by atoms with Gasteiger partial charge in [-0.1, -0.05) is 50.0 Å². The number of anilines is 2. The van der Waals surface area contributed by atoms with Gasteiger partial charge in [0, 0.05) is 19.1 Å². The molecule has 1 aliphatic rings. The molecule has 6 nitrogen and oxygen atoms in total. The first-order chi connectivity index (χ1) is 18.6. The number of hydrogen-bond acceptors (Lipinski definition) is 4. The number of amides is 1. The van der Waals surface area contributed by atoms with Crippen LogP contribution in [-0.2, 0) is 6.54 Å². The molecule has 1 heterocycles. The maximum absolute atomic E-state index is 14.9. The van der Waals surface area contributed by atoms with Crippen molar-refractivity contribution in [3.8, 4) is 0 Å². The van der Waals surface area contributed by atoms with Crippen molar-refractivity contribution >= 4 is 51.8 Å². The van der Waals surface area contributed by atoms with Crippen LogP contribution in [0.3, 0.4) is 0 Å². The molecule has 0 atom stereocenters. The topological polar surface area (TPSA) is 81.8 Å². The Morgan fingerprint density at radius 3 is 2.38 bits per heavy atom. The number of alkyl halides is 3. The minimum absolute atomic E-state index is 0.0138. The molecule has 3 aromatic rings. The number of hydrogen-bond donors (Lipinski definition) is 4. The van der Waals surface area contributed by atoms with Crippen LogP contribution in [-0.4, -0.2) is 34.6 Å². The Balaban J connectivity index is 1.51. The molecule has 4 rings (SSSR count). The molecule has 0 unspecified atom stereocenters. The van der Waals surface area contributed by atoms with Gasteiger partial charge >= 0.3 is 6.18 Å². The monoisotopic (exact) mass is 605 g/mol. The number of aromatic amines is 1. The number of carbonyl (C=O) groups is 1. The summed E-state index contributed by atoms with van der Waals surface area (Å²) in [5, 5.41) is 9.36. The van der Waals surface area contributed by atoms with Gasteiger partial charge in [0.15, 0.2) is 11.6 Å². The lowest BCUT2D eigenvalue weighted by molar-refractivity contribution is -0.182. The highest BCUT2D eigenvalue weighted by Gasteiger charge is 2.41. The third-order valence-electron chi connectivity index (χ3n) is 6.81. The zero-order valence-corrected chi connectivity index (χ0v) is 23.6. The van der Waals surface area contributed by atoms with Crippen molar-refractivity contribution in [2.45, 2.75) is 65.2 Å². The van der Waals surface area contributed by atoms with Crippen LogP contribution in [0.5, 0.6) is 0 Å². The van der Waals surface area contributed by atoms with Gasteiger partial charge in [-0.15, -0.1) is 0 Å². The summed E-state index contributed by atoms with van der Waals surface area (Å²) < 4.78 is 68.6. The molecule has 4 N–H and O–H groups in total. The lowest BCUT2D eigenvalue weighted by atomic mass is 9.85. The SMILES string of the molecule is CC(C)(C)CNCc1ccc(Cl)c(Nc2nc3c(F)c(F)c(C(=O)NC4CCC(C(F)(F)F)CC4)cc3[nH]2)c1Cl. The summed E-state index contributed by atoms with van der Waals surface area (Å²) in [4.78, 5) is 19.6. The van der Waals surface area contributed by atoms with Crippen molar-refractivity contribution in [1.82, 2.24) is 20.6 Å². The Morgan fingerprint density at radius 2 is 1.75 bits per heavy atom. The molecular weight excluding hydrogens is 576 g/mol. The molecular formula is C27H30Cl2F5N5O. The van der Waals surface area contributed by atoms with Crippen molar-refractivity contribution < 1.29 is 26.7 Å². The van der Waals surface area contributed by atoms with Gasteiger partial charge in [0.05, 0.1) is 32.7 Å². The van der Waals surface area contributed by atoms with Gasteiger partial charge in [-0.25, -0.2) is 13.8 Å². The molecule has 1 aliphatic carbocycles. The number of aromatic nitrogens is 2. The highest BCUT2D eigenvalue weighted by atomic mass is 35.5. The number of nitrogens with zero attached hydrogens (tertiary/aromatic N) is 1. The standard InChI is InChI=1S/C27H30Cl2F5N5O/c1-26(2,3)12-35-11-13-4-9-17(28)22(19(13)29)38-25-37-18-10-16(20(30)21(31)23(18)39-25)24(40)36-15-7-5-14(6-8-15)27(32,33)34/h4,9-10,14-15,35H,5-8,11-12H2,1-3H3,(H,36,40)(H2,37,38,39). The maximum Gasteiger partial charge on any atom is 0.391 e. The second-order valence-corrected chi connectivity index (χ2v) is 12.1. The van der Waals surface area contributed by atoms with E-state index in [1.54, 1.807) is 12.1 Å². The number of imidazole rings is 1. The second kappa shape index (κ2) is 11.7. The second-order valence-electron chi connectivity index (χ2n) is 11.3. The first kappa shape index (κ1) is 30.3. The molecule has 0 aliphatic heterocycles. The Kier molecular flexibility index (Phi) is 8.87. The molecule has 1 amide bonds. The molecule has 40 heavy (non-hydrogen) atoms. The minimum atomic E-state index is -4.29. The van der Waals surface area contributed by atoms with Crippen LogP contribution < -0.4 is 16.0 Å². The van der Waals surface area contributed by atoms with E-state index in [2.05, 4.69) is 46.7 Å². The maximum atomic E-state index is 14.9. The number of fused-ring (bicyclic) bond motifs is 1. The zero-order chi connectivity index (χ0) is 29.4. The summed E-state index contributed by atoms with van der Waals surface area (Å²) in [6, 6.07) is 3.97. The van der Waals surface area contributed by atoms with E-state index in [4.69, 9.17) is 23.2 Å². The molecule has 1 aromatic heterocycles. The number of benzene rings is 2. The Hall–Kier alpha value is -2.63. The minimum Gasteiger partial charge on any atom is -0.349 e. The number of halogens is 7. The van der Waals surface area contributed by atoms with Crippen molar-refractivity contribution in [2.24, 2.45) is 11.3 Å². The lowest BCUT2D eigenvalue weighted by Gasteiger charge is -2.30. The number of carbonyl (C=O) groups excluding carboxylic acids is 1. The Labute approximate surface area is 238 Å². The summed E-state index contributed by atoms with van der Waals surface area (Å²) in [5.41, 5.74) is 0.233. The fraction of sp³-hybridized carbons (Fsp3) is 0.481. The predicted octanol–water partition coefficient (Wildman–Crippen LogP) is 7.88. The van der Waals surface area contributed by atoms with E-state index in [1.165, 1.54) is 0 Å². The smallest absolute Gasteiger partial charge is 0.349 e. The summed E-state index contributed by atoms with van der Waals surface area (Å²) in [5.74, 6) is -5.08. The van der Waals surface area contributed by atoms with Crippen LogP contribution in [0.15, 0.2) is 18.2 Å². The molecule has 218 valence electrons. The van der Waals surface area contributed by atoms with E-state index in [9.17, 15) is 26.7 Å². The Morgan fingerprint density at radius 1 is 1.07 bits per heavy atom. The van der Waals surface area contributed by atoms with Gasteiger partial charge in [0.1, 0.15) is 5.52 Å². The van der Waals surface area contributed by atoms with E-state index in [1.807, 2.05) is 0 Å². The van der Waals surface area contributed by atoms with Gasteiger partial charge in [-0.05, 0) is 48.8 Å². The van der Waals surface area contributed by atoms with Gasteiger partial charge in [-0.2, -0.15) is 13.2 Å². The number of H-pyrrole nitrogens is 1. The van der Waals surface area contributed by atoms with E-state index < -0.39 is 41.2 Å². The molecule has 0 saturated heterocycles. The van der Waals surface area contributed by atoms with Crippen molar-refractivity contribution in [3.63, 3.8) is 0 Å². The quantitative estimate of drug-likeness (QED) is 0.206. The molecule has 2 aromatic carbocycles. The molecule has 0 radical (unpaired) electrons. The average molecular weight is 606 g/mol. The first-order valence-corrected chi connectivity index (χ1v) is 13.6. The van der Waals surface area contributed by atoms with Crippen LogP contribution >= 0.6 is 23.2 Å². The van der Waals surface area contributed by atoms with Crippen LogP contribution in [0.4, 0.5) is 33.6 Å². The van der Waals surface area contributed by atoms with Crippen molar-refractivity contribution in [2.75, 3.05) is 11.9 Å². The molecule has 0 spiro atoms. The predicted molar refractivity (Wildman–Crippen MR) is 146 cm³/mol. The van der Waals surface area contributed by atoms with Gasteiger partial charge < -0.3 is 20.9 Å². The van der Waals surface area contributed by atoms with Crippen LogP contribution in [0.2, 0.25) is 10.0 Å². The average Bonchev–Trinajstić information content (AvgIpc) is 3.27. The fourth-order valence-corrected chi connectivity index (χ4v) is 5.21. The van der Waals surface area contributed by atoms with Gasteiger partial charge in [-0.3, -0.25) is 4.79 Å². The fourth-order valence-electron chi connectivity index (χ4n) is 4.68. The largest absolute Gasteiger partial charge is 0.391 e. The number of rotatable bonds is 7. The van der Waals surface area contributed by atoms with Crippen molar-refractivity contribution in [3.05, 3.63) is 51.0 Å². The van der Waals surface area contributed by atoms with E-state index >= 15 is 0 Å². The van der Waals surface area contributed by atoms with E-state index in [-0.39, 0.29) is 53.1 Å². The van der Waals surface area contributed by atoms with Crippen LogP contribution in [0.25, 0.3) is 11.0 Å². The van der Waals surface area contributed by atoms with Gasteiger partial charge in [0.2, 0.25) is 5.95 Å². The first-order valence-electron chi connectivity index (χ1n) is 12.8. The van der Waals surface area contributed by atoms with Crippen LogP contribution in [0, 0.1) is 23.0 Å². The lowest BCUT2D eigenvalue weighted by Crippen LogP contribution is -2.40. The number of nitrogens with one attached hydrogen (secondary N) is 4. The third kappa shape index (κ3) is 6.98. The summed E-state index contributed by atoms with van der Waals surface area (Å²) in [6.07, 6.45) is -4.39. The summed E-state index contributed by atoms with van der Waals surface area (Å²) in [7, 11) is 0.